The molecule has 0 saturated heterocycles. The van der Waals surface area contributed by atoms with Crippen molar-refractivity contribution in [3.05, 3.63) is 106 Å². The van der Waals surface area contributed by atoms with Gasteiger partial charge in [-0.1, -0.05) is 48.5 Å². The Morgan fingerprint density at radius 2 is 1.61 bits per heavy atom. The largest absolute Gasteiger partial charge is 0.345 e. The van der Waals surface area contributed by atoms with Crippen LogP contribution in [-0.2, 0) is 6.54 Å². The number of nitrogens with zero attached hydrogens (tertiary/aromatic N) is 3. The van der Waals surface area contributed by atoms with Crippen LogP contribution in [0.2, 0.25) is 0 Å². The molecule has 0 aliphatic heterocycles. The Morgan fingerprint density at radius 1 is 0.879 bits per heavy atom. The number of carbonyl (C=O) groups excluding carboxylic acids is 2. The Morgan fingerprint density at radius 3 is 2.42 bits per heavy atom. The van der Waals surface area contributed by atoms with E-state index in [0.717, 1.165) is 11.1 Å². The number of carbonyl (C=O) groups is 2. The summed E-state index contributed by atoms with van der Waals surface area (Å²) in [6.45, 7) is 0.210. The van der Waals surface area contributed by atoms with Crippen molar-refractivity contribution >= 4 is 33.6 Å². The van der Waals surface area contributed by atoms with Gasteiger partial charge < -0.3 is 4.98 Å². The molecule has 2 heterocycles. The molecule has 0 spiro atoms. The van der Waals surface area contributed by atoms with Gasteiger partial charge in [0.25, 0.3) is 17.4 Å². The number of nitrogens with one attached hydrogen (secondary N) is 3. The lowest BCUT2D eigenvalue weighted by atomic mass is 10.1. The molecule has 2 amide bonds. The maximum absolute atomic E-state index is 13.0. The van der Waals surface area contributed by atoms with Gasteiger partial charge in [0.05, 0.1) is 29.3 Å². The summed E-state index contributed by atoms with van der Waals surface area (Å²) in [6, 6.07) is 21.1. The van der Waals surface area contributed by atoms with Crippen molar-refractivity contribution in [2.24, 2.45) is 0 Å². The van der Waals surface area contributed by atoms with Crippen molar-refractivity contribution in [3.63, 3.8) is 0 Å². The van der Waals surface area contributed by atoms with Gasteiger partial charge >= 0.3 is 0 Å². The van der Waals surface area contributed by atoms with Crippen LogP contribution >= 0.6 is 0 Å². The fourth-order valence-corrected chi connectivity index (χ4v) is 3.59. The quantitative estimate of drug-likeness (QED) is 0.372. The lowest BCUT2D eigenvalue weighted by Gasteiger charge is -2.12. The second-order valence-electron chi connectivity index (χ2n) is 7.39. The minimum atomic E-state index is -0.635. The first-order chi connectivity index (χ1) is 16.1. The zero-order valence-corrected chi connectivity index (χ0v) is 17.3. The highest BCUT2D eigenvalue weighted by Gasteiger charge is 2.18. The summed E-state index contributed by atoms with van der Waals surface area (Å²) < 4.78 is 1.25. The number of amides is 2. The van der Waals surface area contributed by atoms with Crippen molar-refractivity contribution in [2.45, 2.75) is 6.54 Å². The number of fused-ring (bicyclic) bond motifs is 2. The number of imidazole rings is 1. The number of aromatic nitrogens is 4. The number of H-pyrrole nitrogens is 1. The van der Waals surface area contributed by atoms with Crippen molar-refractivity contribution in [1.82, 2.24) is 30.6 Å². The van der Waals surface area contributed by atoms with Crippen molar-refractivity contribution in [1.29, 1.82) is 0 Å². The molecule has 0 unspecified atom stereocenters. The van der Waals surface area contributed by atoms with Crippen molar-refractivity contribution in [2.75, 3.05) is 0 Å². The molecular formula is C24H18N6O3. The first-order valence-electron chi connectivity index (χ1n) is 10.2. The van der Waals surface area contributed by atoms with Crippen LogP contribution < -0.4 is 16.4 Å². The van der Waals surface area contributed by atoms with E-state index < -0.39 is 11.8 Å². The average molecular weight is 438 g/mol. The third-order valence-corrected chi connectivity index (χ3v) is 5.23. The number of benzene rings is 3. The summed E-state index contributed by atoms with van der Waals surface area (Å²) in [5.41, 5.74) is 7.18. The number of hydrogen-bond donors (Lipinski definition) is 3. The molecule has 33 heavy (non-hydrogen) atoms. The van der Waals surface area contributed by atoms with Gasteiger partial charge in [0, 0.05) is 10.9 Å². The molecule has 9 nitrogen and oxygen atoms in total. The molecule has 5 rings (SSSR count). The predicted molar refractivity (Wildman–Crippen MR) is 123 cm³/mol. The highest BCUT2D eigenvalue weighted by Crippen LogP contribution is 2.14. The molecule has 3 aromatic carbocycles. The molecule has 5 aromatic rings. The lowest BCUT2D eigenvalue weighted by molar-refractivity contribution is 0.0844. The summed E-state index contributed by atoms with van der Waals surface area (Å²) in [7, 11) is 0. The molecule has 9 heteroatoms. The predicted octanol–water partition coefficient (Wildman–Crippen LogP) is 2.40. The molecule has 3 N–H and O–H groups in total. The Hall–Kier alpha value is -4.79. The summed E-state index contributed by atoms with van der Waals surface area (Å²) in [4.78, 5) is 45.5. The minimum absolute atomic E-state index is 0.0328. The van der Waals surface area contributed by atoms with Crippen LogP contribution in [0, 0.1) is 0 Å². The van der Waals surface area contributed by atoms with Gasteiger partial charge in [0.15, 0.2) is 5.69 Å². The summed E-state index contributed by atoms with van der Waals surface area (Å²) >= 11 is 0. The molecule has 0 saturated carbocycles. The molecule has 0 fully saturated rings. The Labute approximate surface area is 187 Å². The number of rotatable bonds is 4. The topological polar surface area (TPSA) is 122 Å². The van der Waals surface area contributed by atoms with E-state index in [1.807, 2.05) is 30.3 Å². The van der Waals surface area contributed by atoms with E-state index in [4.69, 9.17) is 0 Å². The highest BCUT2D eigenvalue weighted by atomic mass is 16.2. The summed E-state index contributed by atoms with van der Waals surface area (Å²) in [6.07, 6.45) is 1.54. The van der Waals surface area contributed by atoms with Crippen LogP contribution in [0.1, 0.15) is 26.4 Å². The van der Waals surface area contributed by atoms with Gasteiger partial charge in [0.1, 0.15) is 0 Å². The third kappa shape index (κ3) is 3.94. The number of hydrogen-bond acceptors (Lipinski definition) is 5. The second kappa shape index (κ2) is 8.39. The second-order valence-corrected chi connectivity index (χ2v) is 7.39. The average Bonchev–Trinajstić information content (AvgIpc) is 3.33. The van der Waals surface area contributed by atoms with E-state index in [1.165, 1.54) is 11.0 Å². The zero-order chi connectivity index (χ0) is 22.8. The van der Waals surface area contributed by atoms with E-state index >= 15 is 0 Å². The van der Waals surface area contributed by atoms with E-state index in [2.05, 4.69) is 25.9 Å². The van der Waals surface area contributed by atoms with Gasteiger partial charge in [-0.05, 0) is 29.8 Å². The molecule has 2 aromatic heterocycles. The van der Waals surface area contributed by atoms with Gasteiger partial charge in [-0.2, -0.15) is 5.10 Å². The van der Waals surface area contributed by atoms with Crippen LogP contribution in [0.5, 0.6) is 0 Å². The van der Waals surface area contributed by atoms with Gasteiger partial charge in [-0.25, -0.2) is 9.67 Å². The van der Waals surface area contributed by atoms with Crippen LogP contribution in [0.15, 0.2) is 83.9 Å². The maximum Gasteiger partial charge on any atom is 0.290 e. The van der Waals surface area contributed by atoms with Crippen molar-refractivity contribution in [3.8, 4) is 0 Å². The molecule has 0 aliphatic carbocycles. The molecule has 0 aliphatic rings. The van der Waals surface area contributed by atoms with Crippen LogP contribution in [-0.4, -0.2) is 31.6 Å². The smallest absolute Gasteiger partial charge is 0.290 e. The molecule has 162 valence electrons. The fraction of sp³-hybridized carbons (Fsp3) is 0.0417. The SMILES string of the molecule is O=C(NNC(=O)c1nn(Cc2ccccc2)c(=O)c2ccccc12)c1ccc2nc[nH]c2c1. The van der Waals surface area contributed by atoms with Crippen LogP contribution in [0.4, 0.5) is 0 Å². The van der Waals surface area contributed by atoms with Gasteiger partial charge in [-0.3, -0.25) is 25.2 Å². The maximum atomic E-state index is 13.0. The van der Waals surface area contributed by atoms with Crippen LogP contribution in [0.3, 0.4) is 0 Å². The zero-order valence-electron chi connectivity index (χ0n) is 17.3. The monoisotopic (exact) mass is 438 g/mol. The van der Waals surface area contributed by atoms with Crippen LogP contribution in [0.25, 0.3) is 21.8 Å². The molecular weight excluding hydrogens is 420 g/mol. The summed E-state index contributed by atoms with van der Waals surface area (Å²) in [5, 5.41) is 5.07. The first kappa shape index (κ1) is 20.1. The molecule has 0 radical (unpaired) electrons. The Kier molecular flexibility index (Phi) is 5.12. The van der Waals surface area contributed by atoms with E-state index in [0.29, 0.717) is 21.9 Å². The van der Waals surface area contributed by atoms with Crippen molar-refractivity contribution < 1.29 is 9.59 Å². The Balaban J connectivity index is 1.43. The normalized spacial score (nSPS) is 10.9. The third-order valence-electron chi connectivity index (χ3n) is 5.23. The lowest BCUT2D eigenvalue weighted by Crippen LogP contribution is -2.42. The first-order valence-corrected chi connectivity index (χ1v) is 10.2. The molecule has 0 atom stereocenters. The highest BCUT2D eigenvalue weighted by molar-refractivity contribution is 6.06. The van der Waals surface area contributed by atoms with E-state index in [-0.39, 0.29) is 17.8 Å². The van der Waals surface area contributed by atoms with Gasteiger partial charge in [0.2, 0.25) is 0 Å². The van der Waals surface area contributed by atoms with E-state index in [9.17, 15) is 14.4 Å². The number of hydrazine groups is 1. The summed E-state index contributed by atoms with van der Waals surface area (Å²) in [5.74, 6) is -1.13. The Bertz CT molecular complexity index is 1560. The minimum Gasteiger partial charge on any atom is -0.345 e. The number of aromatic amines is 1. The fourth-order valence-electron chi connectivity index (χ4n) is 3.59. The van der Waals surface area contributed by atoms with Gasteiger partial charge in [-0.15, -0.1) is 0 Å². The standard InChI is InChI=1S/C24H18N6O3/c31-22(16-10-11-19-20(12-16)26-14-25-19)27-28-23(32)21-17-8-4-5-9-18(17)24(33)30(29-21)13-15-6-2-1-3-7-15/h1-12,14H,13H2,(H,25,26)(H,27,31)(H,28,32). The van der Waals surface area contributed by atoms with E-state index in [1.54, 1.807) is 42.5 Å². The molecule has 0 bridgehead atoms.